The van der Waals surface area contributed by atoms with E-state index in [9.17, 15) is 0 Å². The van der Waals surface area contributed by atoms with Crippen LogP contribution in [0.1, 0.15) is 4.88 Å². The number of aliphatic imine (C=N–C) groups is 1. The molecule has 0 spiro atoms. The second kappa shape index (κ2) is 5.77. The van der Waals surface area contributed by atoms with Crippen molar-refractivity contribution in [3.63, 3.8) is 0 Å². The van der Waals surface area contributed by atoms with Gasteiger partial charge in [0, 0.05) is 11.8 Å². The monoisotopic (exact) mass is 249 g/mol. The summed E-state index contributed by atoms with van der Waals surface area (Å²) in [6.07, 6.45) is 0. The third kappa shape index (κ3) is 2.82. The molecule has 0 aliphatic heterocycles. The molecule has 1 aromatic heterocycles. The molecule has 0 atom stereocenters. The van der Waals surface area contributed by atoms with Gasteiger partial charge in [0.2, 0.25) is 0 Å². The second-order valence-electron chi connectivity index (χ2n) is 3.52. The van der Waals surface area contributed by atoms with E-state index in [-0.39, 0.29) is 0 Å². The molecule has 0 saturated heterocycles. The third-order valence-electron chi connectivity index (χ3n) is 2.36. The Morgan fingerprint density at radius 1 is 1.47 bits per heavy atom. The van der Waals surface area contributed by atoms with Crippen molar-refractivity contribution in [2.45, 2.75) is 0 Å². The number of hydrogen-bond acceptors (Lipinski definition) is 4. The molecule has 3 N–H and O–H groups in total. The van der Waals surface area contributed by atoms with Crippen LogP contribution in [-0.4, -0.2) is 26.1 Å². The van der Waals surface area contributed by atoms with E-state index in [2.05, 4.69) is 28.6 Å². The highest BCUT2D eigenvalue weighted by molar-refractivity contribution is 7.20. The fraction of sp³-hybridized carbons (Fsp3) is 0.250. The Kier molecular flexibility index (Phi) is 4.08. The molecular weight excluding hydrogens is 234 g/mol. The number of amidine groups is 1. The van der Waals surface area contributed by atoms with E-state index in [0.717, 1.165) is 4.88 Å². The number of nitrogens with zero attached hydrogens (tertiary/aromatic N) is 1. The van der Waals surface area contributed by atoms with Gasteiger partial charge in [0.15, 0.2) is 5.84 Å². The fourth-order valence-corrected chi connectivity index (χ4v) is 2.58. The van der Waals surface area contributed by atoms with Crippen LogP contribution in [-0.2, 0) is 4.74 Å². The summed E-state index contributed by atoms with van der Waals surface area (Å²) < 4.78 is 6.19. The molecule has 0 saturated carbocycles. The maximum Gasteiger partial charge on any atom is 0.152 e. The Balaban J connectivity index is 2.27. The molecule has 0 radical (unpaired) electrons. The van der Waals surface area contributed by atoms with E-state index in [1.54, 1.807) is 18.4 Å². The number of hydrogen-bond donors (Lipinski definition) is 2. The van der Waals surface area contributed by atoms with Crippen molar-refractivity contribution < 1.29 is 4.74 Å². The van der Waals surface area contributed by atoms with Crippen molar-refractivity contribution >= 4 is 27.3 Å². The largest absolute Gasteiger partial charge is 0.383 e. The van der Waals surface area contributed by atoms with Crippen LogP contribution < -0.4 is 11.3 Å². The van der Waals surface area contributed by atoms with Gasteiger partial charge in [-0.05, 0) is 17.5 Å². The molecule has 1 aromatic carbocycles. The van der Waals surface area contributed by atoms with Gasteiger partial charge in [0.05, 0.1) is 18.0 Å². The summed E-state index contributed by atoms with van der Waals surface area (Å²) >= 11 is 1.67. The van der Waals surface area contributed by atoms with E-state index in [1.807, 2.05) is 12.1 Å². The zero-order valence-corrected chi connectivity index (χ0v) is 10.5. The number of benzene rings is 1. The lowest BCUT2D eigenvalue weighted by molar-refractivity contribution is 0.208. The SMILES string of the molecule is COCCN=C(NN)c1cc2ccccc2s1. The standard InChI is InChI=1S/C12H15N3OS/c1-16-7-6-14-12(15-13)11-8-9-4-2-3-5-10(9)17-11/h2-5,8H,6-7,13H2,1H3,(H,14,15). The summed E-state index contributed by atoms with van der Waals surface area (Å²) in [6, 6.07) is 10.3. The van der Waals surface area contributed by atoms with Crippen LogP contribution in [0.4, 0.5) is 0 Å². The van der Waals surface area contributed by atoms with Gasteiger partial charge in [-0.15, -0.1) is 11.3 Å². The summed E-state index contributed by atoms with van der Waals surface area (Å²) in [6.45, 7) is 1.19. The topological polar surface area (TPSA) is 59.6 Å². The molecular formula is C12H15N3OS. The number of rotatable bonds is 4. The molecule has 0 fully saturated rings. The maximum absolute atomic E-state index is 5.49. The van der Waals surface area contributed by atoms with Crippen LogP contribution in [0.25, 0.3) is 10.1 Å². The fourth-order valence-electron chi connectivity index (χ4n) is 1.54. The van der Waals surface area contributed by atoms with E-state index >= 15 is 0 Å². The zero-order chi connectivity index (χ0) is 12.1. The summed E-state index contributed by atoms with van der Waals surface area (Å²) in [4.78, 5) is 5.41. The molecule has 0 unspecified atom stereocenters. The molecule has 0 aliphatic carbocycles. The number of thiophene rings is 1. The van der Waals surface area contributed by atoms with Gasteiger partial charge in [-0.1, -0.05) is 18.2 Å². The molecule has 5 heteroatoms. The first-order valence-electron chi connectivity index (χ1n) is 5.34. The number of fused-ring (bicyclic) bond motifs is 1. The molecule has 90 valence electrons. The highest BCUT2D eigenvalue weighted by Gasteiger charge is 2.06. The molecule has 4 nitrogen and oxygen atoms in total. The van der Waals surface area contributed by atoms with Gasteiger partial charge in [0.25, 0.3) is 0 Å². The number of hydrazine groups is 1. The van der Waals surface area contributed by atoms with Gasteiger partial charge in [0.1, 0.15) is 0 Å². The number of nitrogens with two attached hydrogens (primary N) is 1. The van der Waals surface area contributed by atoms with Crippen molar-refractivity contribution in [1.82, 2.24) is 5.43 Å². The quantitative estimate of drug-likeness (QED) is 0.285. The summed E-state index contributed by atoms with van der Waals surface area (Å²) in [5, 5.41) is 1.21. The summed E-state index contributed by atoms with van der Waals surface area (Å²) in [5.41, 5.74) is 2.64. The van der Waals surface area contributed by atoms with Gasteiger partial charge >= 0.3 is 0 Å². The predicted octanol–water partition coefficient (Wildman–Crippen LogP) is 1.76. The minimum atomic E-state index is 0.593. The third-order valence-corrected chi connectivity index (χ3v) is 3.48. The number of methoxy groups -OCH3 is 1. The first kappa shape index (κ1) is 12.0. The minimum absolute atomic E-state index is 0.593. The lowest BCUT2D eigenvalue weighted by atomic mass is 10.2. The Morgan fingerprint density at radius 3 is 3.00 bits per heavy atom. The van der Waals surface area contributed by atoms with Gasteiger partial charge in [-0.25, -0.2) is 5.84 Å². The van der Waals surface area contributed by atoms with Crippen molar-refractivity contribution in [2.24, 2.45) is 10.8 Å². The minimum Gasteiger partial charge on any atom is -0.383 e. The van der Waals surface area contributed by atoms with E-state index in [4.69, 9.17) is 10.6 Å². The van der Waals surface area contributed by atoms with E-state index < -0.39 is 0 Å². The number of ether oxygens (including phenoxy) is 1. The average Bonchev–Trinajstić information content (AvgIpc) is 2.78. The highest BCUT2D eigenvalue weighted by atomic mass is 32.1. The smallest absolute Gasteiger partial charge is 0.152 e. The van der Waals surface area contributed by atoms with Crippen LogP contribution in [0.3, 0.4) is 0 Å². The average molecular weight is 249 g/mol. The van der Waals surface area contributed by atoms with Crippen LogP contribution >= 0.6 is 11.3 Å². The van der Waals surface area contributed by atoms with Gasteiger partial charge in [-0.3, -0.25) is 4.99 Å². The lowest BCUT2D eigenvalue weighted by Gasteiger charge is -2.02. The molecule has 17 heavy (non-hydrogen) atoms. The Hall–Kier alpha value is -1.43. The Bertz CT molecular complexity index is 488. The molecule has 0 aliphatic rings. The maximum atomic E-state index is 5.49. The van der Waals surface area contributed by atoms with Crippen LogP contribution in [0, 0.1) is 0 Å². The van der Waals surface area contributed by atoms with Crippen molar-refractivity contribution in [2.75, 3.05) is 20.3 Å². The van der Waals surface area contributed by atoms with Crippen molar-refractivity contribution in [1.29, 1.82) is 0 Å². The lowest BCUT2D eigenvalue weighted by Crippen LogP contribution is -2.30. The summed E-state index contributed by atoms with van der Waals surface area (Å²) in [5.74, 6) is 6.21. The van der Waals surface area contributed by atoms with Crippen LogP contribution in [0.2, 0.25) is 0 Å². The molecule has 1 heterocycles. The molecule has 2 aromatic rings. The Morgan fingerprint density at radius 2 is 2.29 bits per heavy atom. The van der Waals surface area contributed by atoms with Crippen LogP contribution in [0.5, 0.6) is 0 Å². The van der Waals surface area contributed by atoms with Gasteiger partial charge in [-0.2, -0.15) is 0 Å². The first-order valence-corrected chi connectivity index (χ1v) is 6.15. The first-order chi connectivity index (χ1) is 8.35. The van der Waals surface area contributed by atoms with Crippen molar-refractivity contribution in [3.05, 3.63) is 35.2 Å². The highest BCUT2D eigenvalue weighted by Crippen LogP contribution is 2.25. The molecule has 0 amide bonds. The van der Waals surface area contributed by atoms with Crippen molar-refractivity contribution in [3.8, 4) is 0 Å². The van der Waals surface area contributed by atoms with Gasteiger partial charge < -0.3 is 10.2 Å². The number of nitrogens with one attached hydrogen (secondary N) is 1. The normalized spacial score (nSPS) is 12.0. The predicted molar refractivity (Wildman–Crippen MR) is 72.4 cm³/mol. The second-order valence-corrected chi connectivity index (χ2v) is 4.60. The molecule has 0 bridgehead atoms. The summed E-state index contributed by atoms with van der Waals surface area (Å²) in [7, 11) is 1.66. The Labute approximate surface area is 104 Å². The zero-order valence-electron chi connectivity index (χ0n) is 9.64. The molecule has 2 rings (SSSR count). The van der Waals surface area contributed by atoms with E-state index in [1.165, 1.54) is 10.1 Å². The van der Waals surface area contributed by atoms with E-state index in [0.29, 0.717) is 19.0 Å². The van der Waals surface area contributed by atoms with Crippen LogP contribution in [0.15, 0.2) is 35.3 Å².